The highest BCUT2D eigenvalue weighted by atomic mass is 16.2. The number of rotatable bonds is 3. The van der Waals surface area contributed by atoms with Crippen LogP contribution in [0.1, 0.15) is 39.5 Å². The molecule has 82 valence electrons. The van der Waals surface area contributed by atoms with E-state index in [2.05, 4.69) is 5.32 Å². The third-order valence-corrected chi connectivity index (χ3v) is 2.77. The van der Waals surface area contributed by atoms with Gasteiger partial charge in [-0.05, 0) is 32.6 Å². The summed E-state index contributed by atoms with van der Waals surface area (Å²) in [5.74, 6) is 0.734. The molecular weight excluding hydrogens is 176 g/mol. The van der Waals surface area contributed by atoms with E-state index in [1.165, 1.54) is 25.7 Å². The number of carbonyl (C=O) groups is 1. The second-order valence-corrected chi connectivity index (χ2v) is 4.64. The average Bonchev–Trinajstić information content (AvgIpc) is 2.55. The fourth-order valence-electron chi connectivity index (χ4n) is 2.02. The number of nitrogens with zero attached hydrogens (tertiary/aromatic N) is 1. The molecule has 1 aliphatic carbocycles. The molecule has 2 amide bonds. The zero-order valence-corrected chi connectivity index (χ0v) is 9.55. The van der Waals surface area contributed by atoms with E-state index < -0.39 is 0 Å². The van der Waals surface area contributed by atoms with Crippen LogP contribution in [0.4, 0.5) is 4.79 Å². The fraction of sp³-hybridized carbons (Fsp3) is 0.909. The predicted molar refractivity (Wildman–Crippen MR) is 58.3 cm³/mol. The first-order valence-corrected chi connectivity index (χ1v) is 5.61. The van der Waals surface area contributed by atoms with Gasteiger partial charge in [0.1, 0.15) is 0 Å². The Kier molecular flexibility index (Phi) is 4.23. The minimum Gasteiger partial charge on any atom is -0.336 e. The van der Waals surface area contributed by atoms with Crippen LogP contribution in [0.25, 0.3) is 0 Å². The van der Waals surface area contributed by atoms with Crippen molar-refractivity contribution in [2.75, 3.05) is 13.6 Å². The maximum atomic E-state index is 11.6. The van der Waals surface area contributed by atoms with E-state index in [9.17, 15) is 4.79 Å². The normalized spacial score (nSPS) is 17.4. The van der Waals surface area contributed by atoms with Gasteiger partial charge in [-0.3, -0.25) is 0 Å². The third kappa shape index (κ3) is 3.56. The number of nitrogens with one attached hydrogen (secondary N) is 1. The van der Waals surface area contributed by atoms with Crippen LogP contribution in [-0.4, -0.2) is 30.6 Å². The van der Waals surface area contributed by atoms with E-state index in [0.29, 0.717) is 0 Å². The number of carbonyl (C=O) groups excluding carboxylic acids is 1. The van der Waals surface area contributed by atoms with Crippen LogP contribution in [0.2, 0.25) is 0 Å². The summed E-state index contributed by atoms with van der Waals surface area (Å²) >= 11 is 0. The smallest absolute Gasteiger partial charge is 0.317 e. The van der Waals surface area contributed by atoms with Gasteiger partial charge >= 0.3 is 6.03 Å². The van der Waals surface area contributed by atoms with Gasteiger partial charge in [0.05, 0.1) is 0 Å². The summed E-state index contributed by atoms with van der Waals surface area (Å²) in [6.45, 7) is 4.89. The maximum absolute atomic E-state index is 11.6. The molecule has 0 aliphatic heterocycles. The number of hydrogen-bond donors (Lipinski definition) is 1. The molecule has 1 fully saturated rings. The molecule has 0 aromatic carbocycles. The van der Waals surface area contributed by atoms with Crippen LogP contribution < -0.4 is 5.32 Å². The zero-order chi connectivity index (χ0) is 10.6. The van der Waals surface area contributed by atoms with Gasteiger partial charge in [0.25, 0.3) is 0 Å². The Morgan fingerprint density at radius 2 is 2.00 bits per heavy atom. The standard InChI is InChI=1S/C11H22N2O/c1-9(2)12-11(14)13(3)8-10-6-4-5-7-10/h9-10H,4-8H2,1-3H3,(H,12,14). The fourth-order valence-corrected chi connectivity index (χ4v) is 2.02. The van der Waals surface area contributed by atoms with Crippen LogP contribution in [0.15, 0.2) is 0 Å². The molecule has 1 N–H and O–H groups in total. The Labute approximate surface area is 86.9 Å². The lowest BCUT2D eigenvalue weighted by Gasteiger charge is -2.22. The van der Waals surface area contributed by atoms with Crippen molar-refractivity contribution in [2.24, 2.45) is 5.92 Å². The number of amides is 2. The summed E-state index contributed by atoms with van der Waals surface area (Å²) in [5.41, 5.74) is 0. The molecule has 0 atom stereocenters. The van der Waals surface area contributed by atoms with Crippen molar-refractivity contribution in [3.05, 3.63) is 0 Å². The molecule has 3 heteroatoms. The van der Waals surface area contributed by atoms with Crippen molar-refractivity contribution < 1.29 is 4.79 Å². The first-order valence-electron chi connectivity index (χ1n) is 5.61. The van der Waals surface area contributed by atoms with E-state index in [1.54, 1.807) is 0 Å². The summed E-state index contributed by atoms with van der Waals surface area (Å²) < 4.78 is 0. The maximum Gasteiger partial charge on any atom is 0.317 e. The van der Waals surface area contributed by atoms with E-state index in [-0.39, 0.29) is 12.1 Å². The Morgan fingerprint density at radius 3 is 2.50 bits per heavy atom. The lowest BCUT2D eigenvalue weighted by Crippen LogP contribution is -2.42. The second-order valence-electron chi connectivity index (χ2n) is 4.64. The monoisotopic (exact) mass is 198 g/mol. The summed E-state index contributed by atoms with van der Waals surface area (Å²) in [5, 5.41) is 2.90. The molecule has 3 nitrogen and oxygen atoms in total. The van der Waals surface area contributed by atoms with Crippen molar-refractivity contribution in [1.29, 1.82) is 0 Å². The van der Waals surface area contributed by atoms with Crippen molar-refractivity contribution in [1.82, 2.24) is 10.2 Å². The molecule has 1 rings (SSSR count). The van der Waals surface area contributed by atoms with E-state index >= 15 is 0 Å². The molecule has 0 saturated heterocycles. The van der Waals surface area contributed by atoms with E-state index in [1.807, 2.05) is 25.8 Å². The molecule has 0 heterocycles. The van der Waals surface area contributed by atoms with Crippen molar-refractivity contribution in [2.45, 2.75) is 45.6 Å². The Balaban J connectivity index is 2.25. The van der Waals surface area contributed by atoms with Crippen molar-refractivity contribution >= 4 is 6.03 Å². The quantitative estimate of drug-likeness (QED) is 0.741. The average molecular weight is 198 g/mol. The van der Waals surface area contributed by atoms with Crippen LogP contribution in [0, 0.1) is 5.92 Å². The number of urea groups is 1. The highest BCUT2D eigenvalue weighted by Crippen LogP contribution is 2.25. The summed E-state index contributed by atoms with van der Waals surface area (Å²) in [6.07, 6.45) is 5.26. The van der Waals surface area contributed by atoms with E-state index in [0.717, 1.165) is 12.5 Å². The van der Waals surface area contributed by atoms with Crippen LogP contribution in [-0.2, 0) is 0 Å². The Hall–Kier alpha value is -0.730. The van der Waals surface area contributed by atoms with Gasteiger partial charge in [-0.1, -0.05) is 12.8 Å². The molecule has 1 saturated carbocycles. The van der Waals surface area contributed by atoms with Gasteiger partial charge in [0.2, 0.25) is 0 Å². The highest BCUT2D eigenvalue weighted by Gasteiger charge is 2.19. The minimum atomic E-state index is 0.0619. The van der Waals surface area contributed by atoms with Gasteiger partial charge in [0, 0.05) is 19.6 Å². The van der Waals surface area contributed by atoms with Gasteiger partial charge in [-0.15, -0.1) is 0 Å². The largest absolute Gasteiger partial charge is 0.336 e. The lowest BCUT2D eigenvalue weighted by molar-refractivity contribution is 0.198. The Bertz CT molecular complexity index is 186. The van der Waals surface area contributed by atoms with Crippen LogP contribution in [0.3, 0.4) is 0 Å². The highest BCUT2D eigenvalue weighted by molar-refractivity contribution is 5.74. The molecular formula is C11H22N2O. The van der Waals surface area contributed by atoms with Gasteiger partial charge in [-0.25, -0.2) is 4.79 Å². The first kappa shape index (κ1) is 11.3. The Morgan fingerprint density at radius 1 is 1.43 bits per heavy atom. The first-order chi connectivity index (χ1) is 6.59. The summed E-state index contributed by atoms with van der Waals surface area (Å²) in [7, 11) is 1.88. The molecule has 0 unspecified atom stereocenters. The summed E-state index contributed by atoms with van der Waals surface area (Å²) in [4.78, 5) is 13.4. The third-order valence-electron chi connectivity index (χ3n) is 2.77. The van der Waals surface area contributed by atoms with Gasteiger partial charge in [0.15, 0.2) is 0 Å². The molecule has 14 heavy (non-hydrogen) atoms. The lowest BCUT2D eigenvalue weighted by atomic mass is 10.1. The van der Waals surface area contributed by atoms with Gasteiger partial charge < -0.3 is 10.2 Å². The number of hydrogen-bond acceptors (Lipinski definition) is 1. The molecule has 0 aromatic rings. The predicted octanol–water partition coefficient (Wildman–Crippen LogP) is 2.23. The van der Waals surface area contributed by atoms with Crippen LogP contribution in [0.5, 0.6) is 0 Å². The van der Waals surface area contributed by atoms with Crippen LogP contribution >= 0.6 is 0 Å². The molecule has 0 spiro atoms. The zero-order valence-electron chi connectivity index (χ0n) is 9.55. The van der Waals surface area contributed by atoms with Gasteiger partial charge in [-0.2, -0.15) is 0 Å². The SMILES string of the molecule is CC(C)NC(=O)N(C)CC1CCCC1. The second kappa shape index (κ2) is 5.23. The molecule has 1 aliphatic rings. The topological polar surface area (TPSA) is 32.3 Å². The van der Waals surface area contributed by atoms with Crippen molar-refractivity contribution in [3.63, 3.8) is 0 Å². The molecule has 0 bridgehead atoms. The minimum absolute atomic E-state index is 0.0619. The van der Waals surface area contributed by atoms with Crippen molar-refractivity contribution in [3.8, 4) is 0 Å². The summed E-state index contributed by atoms with van der Waals surface area (Å²) in [6, 6.07) is 0.292. The molecule has 0 radical (unpaired) electrons. The van der Waals surface area contributed by atoms with E-state index in [4.69, 9.17) is 0 Å². The molecule has 0 aromatic heterocycles.